The van der Waals surface area contributed by atoms with Gasteiger partial charge in [0.2, 0.25) is 5.82 Å². The van der Waals surface area contributed by atoms with Gasteiger partial charge in [0.15, 0.2) is 0 Å². The molecule has 108 valence electrons. The van der Waals surface area contributed by atoms with Crippen molar-refractivity contribution < 1.29 is 14.1 Å². The third-order valence-corrected chi connectivity index (χ3v) is 3.12. The zero-order valence-electron chi connectivity index (χ0n) is 11.5. The molecule has 1 N–H and O–H groups in total. The molecule has 0 spiro atoms. The van der Waals surface area contributed by atoms with E-state index in [2.05, 4.69) is 5.32 Å². The lowest BCUT2D eigenvalue weighted by Crippen LogP contribution is -2.14. The lowest BCUT2D eigenvalue weighted by Gasteiger charge is -2.11. The van der Waals surface area contributed by atoms with Gasteiger partial charge in [-0.15, -0.1) is 0 Å². The molecule has 5 nitrogen and oxygen atoms in total. The van der Waals surface area contributed by atoms with E-state index in [1.54, 1.807) is 0 Å². The molecule has 0 heterocycles. The Morgan fingerprint density at radius 2 is 1.81 bits per heavy atom. The van der Waals surface area contributed by atoms with Crippen molar-refractivity contribution in [1.82, 2.24) is 0 Å². The van der Waals surface area contributed by atoms with Crippen molar-refractivity contribution in [2.45, 2.75) is 13.8 Å². The van der Waals surface area contributed by atoms with Crippen molar-refractivity contribution >= 4 is 17.3 Å². The Kier molecular flexibility index (Phi) is 3.98. The van der Waals surface area contributed by atoms with Crippen LogP contribution in [0.15, 0.2) is 36.4 Å². The average molecular weight is 288 g/mol. The van der Waals surface area contributed by atoms with Gasteiger partial charge in [0.25, 0.3) is 5.91 Å². The van der Waals surface area contributed by atoms with Gasteiger partial charge in [-0.05, 0) is 37.1 Å². The van der Waals surface area contributed by atoms with E-state index in [9.17, 15) is 19.3 Å². The molecule has 2 aromatic rings. The van der Waals surface area contributed by atoms with Crippen molar-refractivity contribution in [2.24, 2.45) is 0 Å². The number of rotatable bonds is 3. The van der Waals surface area contributed by atoms with Gasteiger partial charge in [0.05, 0.1) is 4.92 Å². The number of carbonyl (C=O) groups is 1. The van der Waals surface area contributed by atoms with E-state index in [-0.39, 0.29) is 5.56 Å². The number of anilines is 1. The number of nitro groups is 1. The maximum atomic E-state index is 13.3. The fourth-order valence-corrected chi connectivity index (χ4v) is 1.99. The van der Waals surface area contributed by atoms with Gasteiger partial charge in [-0.1, -0.05) is 18.2 Å². The van der Waals surface area contributed by atoms with Crippen LogP contribution in [-0.4, -0.2) is 10.8 Å². The van der Waals surface area contributed by atoms with Gasteiger partial charge in [-0.2, -0.15) is 4.39 Å². The van der Waals surface area contributed by atoms with Crippen LogP contribution in [0, 0.1) is 29.8 Å². The zero-order valence-corrected chi connectivity index (χ0v) is 11.5. The van der Waals surface area contributed by atoms with E-state index in [0.29, 0.717) is 5.69 Å². The largest absolute Gasteiger partial charge is 0.321 e. The summed E-state index contributed by atoms with van der Waals surface area (Å²) in [5.41, 5.74) is 1.71. The Balaban J connectivity index is 2.33. The molecule has 0 fully saturated rings. The van der Waals surface area contributed by atoms with E-state index >= 15 is 0 Å². The summed E-state index contributed by atoms with van der Waals surface area (Å²) < 4.78 is 13.3. The summed E-state index contributed by atoms with van der Waals surface area (Å²) in [6.07, 6.45) is 0. The standard InChI is InChI=1S/C15H13FN2O3/c1-9-4-3-5-10(2)14(9)17-15(19)11-6-7-12(16)13(8-11)18(20)21/h3-8H,1-2H3,(H,17,19). The number of nitro benzene ring substituents is 1. The number of hydrogen-bond donors (Lipinski definition) is 1. The van der Waals surface area contributed by atoms with Crippen LogP contribution in [-0.2, 0) is 0 Å². The van der Waals surface area contributed by atoms with Crippen molar-refractivity contribution in [1.29, 1.82) is 0 Å². The topological polar surface area (TPSA) is 72.2 Å². The summed E-state index contributed by atoms with van der Waals surface area (Å²) in [5.74, 6) is -1.49. The van der Waals surface area contributed by atoms with Crippen LogP contribution in [0.4, 0.5) is 15.8 Å². The van der Waals surface area contributed by atoms with Crippen molar-refractivity contribution in [2.75, 3.05) is 5.32 Å². The summed E-state index contributed by atoms with van der Waals surface area (Å²) in [4.78, 5) is 22.0. The average Bonchev–Trinajstić information content (AvgIpc) is 2.43. The molecule has 0 atom stereocenters. The molecule has 0 saturated heterocycles. The minimum atomic E-state index is -0.969. The first-order chi connectivity index (χ1) is 9.90. The second-order valence-electron chi connectivity index (χ2n) is 4.64. The highest BCUT2D eigenvalue weighted by Gasteiger charge is 2.18. The minimum absolute atomic E-state index is 0.0331. The van der Waals surface area contributed by atoms with Gasteiger partial charge in [0, 0.05) is 17.3 Å². The number of amides is 1. The fraction of sp³-hybridized carbons (Fsp3) is 0.133. The maximum absolute atomic E-state index is 13.3. The number of para-hydroxylation sites is 1. The molecule has 0 aliphatic rings. The van der Waals surface area contributed by atoms with E-state index in [0.717, 1.165) is 23.3 Å². The quantitative estimate of drug-likeness (QED) is 0.692. The SMILES string of the molecule is Cc1cccc(C)c1NC(=O)c1ccc(F)c([N+](=O)[O-])c1. The Morgan fingerprint density at radius 3 is 2.38 bits per heavy atom. The molecule has 0 bridgehead atoms. The number of nitrogens with zero attached hydrogens (tertiary/aromatic N) is 1. The highest BCUT2D eigenvalue weighted by Crippen LogP contribution is 2.22. The number of carbonyl (C=O) groups excluding carboxylic acids is 1. The molecule has 0 radical (unpaired) electrons. The highest BCUT2D eigenvalue weighted by atomic mass is 19.1. The Bertz CT molecular complexity index is 709. The molecular weight excluding hydrogens is 275 g/mol. The van der Waals surface area contributed by atoms with Crippen LogP contribution in [0.2, 0.25) is 0 Å². The zero-order chi connectivity index (χ0) is 15.6. The van der Waals surface area contributed by atoms with Gasteiger partial charge in [0.1, 0.15) is 0 Å². The monoisotopic (exact) mass is 288 g/mol. The molecule has 0 aliphatic carbocycles. The smallest absolute Gasteiger partial charge is 0.305 e. The van der Waals surface area contributed by atoms with Gasteiger partial charge >= 0.3 is 5.69 Å². The minimum Gasteiger partial charge on any atom is -0.321 e. The third-order valence-electron chi connectivity index (χ3n) is 3.12. The van der Waals surface area contributed by atoms with Gasteiger partial charge in [-0.25, -0.2) is 0 Å². The Labute approximate surface area is 120 Å². The molecule has 2 aromatic carbocycles. The van der Waals surface area contributed by atoms with Crippen molar-refractivity contribution in [3.05, 3.63) is 69.0 Å². The Hall–Kier alpha value is -2.76. The van der Waals surface area contributed by atoms with E-state index in [1.807, 2.05) is 32.0 Å². The van der Waals surface area contributed by atoms with Gasteiger partial charge in [-0.3, -0.25) is 14.9 Å². The second-order valence-corrected chi connectivity index (χ2v) is 4.64. The molecule has 6 heteroatoms. The molecule has 0 unspecified atom stereocenters. The fourth-order valence-electron chi connectivity index (χ4n) is 1.99. The van der Waals surface area contributed by atoms with Crippen LogP contribution in [0.1, 0.15) is 21.5 Å². The van der Waals surface area contributed by atoms with Crippen LogP contribution in [0.5, 0.6) is 0 Å². The Morgan fingerprint density at radius 1 is 1.19 bits per heavy atom. The van der Waals surface area contributed by atoms with Crippen LogP contribution in [0.3, 0.4) is 0 Å². The highest BCUT2D eigenvalue weighted by molar-refractivity contribution is 6.05. The normalized spacial score (nSPS) is 10.2. The lowest BCUT2D eigenvalue weighted by molar-refractivity contribution is -0.387. The first kappa shape index (κ1) is 14.6. The molecule has 21 heavy (non-hydrogen) atoms. The summed E-state index contributed by atoms with van der Waals surface area (Å²) in [5, 5.41) is 13.4. The molecule has 0 aliphatic heterocycles. The molecule has 0 aromatic heterocycles. The summed E-state index contributed by atoms with van der Waals surface area (Å²) in [7, 11) is 0. The molecular formula is C15H13FN2O3. The number of hydrogen-bond acceptors (Lipinski definition) is 3. The number of halogens is 1. The predicted molar refractivity (Wildman–Crippen MR) is 76.9 cm³/mol. The number of nitrogens with one attached hydrogen (secondary N) is 1. The summed E-state index contributed by atoms with van der Waals surface area (Å²) in [6, 6.07) is 8.61. The van der Waals surface area contributed by atoms with Crippen LogP contribution in [0.25, 0.3) is 0 Å². The second kappa shape index (κ2) is 5.70. The number of aryl methyl sites for hydroxylation is 2. The molecule has 1 amide bonds. The van der Waals surface area contributed by atoms with Gasteiger partial charge < -0.3 is 5.32 Å². The first-order valence-electron chi connectivity index (χ1n) is 6.21. The van der Waals surface area contributed by atoms with E-state index < -0.39 is 22.3 Å². The first-order valence-corrected chi connectivity index (χ1v) is 6.21. The van der Waals surface area contributed by atoms with Crippen molar-refractivity contribution in [3.8, 4) is 0 Å². The lowest BCUT2D eigenvalue weighted by atomic mass is 10.1. The molecule has 2 rings (SSSR count). The molecule has 0 saturated carbocycles. The maximum Gasteiger partial charge on any atom is 0.305 e. The van der Waals surface area contributed by atoms with Crippen LogP contribution >= 0.6 is 0 Å². The predicted octanol–water partition coefficient (Wildman–Crippen LogP) is 3.60. The summed E-state index contributed by atoms with van der Waals surface area (Å²) in [6.45, 7) is 3.69. The van der Waals surface area contributed by atoms with Crippen molar-refractivity contribution in [3.63, 3.8) is 0 Å². The third kappa shape index (κ3) is 3.05. The van der Waals surface area contributed by atoms with Crippen LogP contribution < -0.4 is 5.32 Å². The summed E-state index contributed by atoms with van der Waals surface area (Å²) >= 11 is 0. The van der Waals surface area contributed by atoms with E-state index in [4.69, 9.17) is 0 Å². The number of benzene rings is 2. The van der Waals surface area contributed by atoms with E-state index in [1.165, 1.54) is 6.07 Å².